The maximum atomic E-state index is 11.5. The van der Waals surface area contributed by atoms with Crippen molar-refractivity contribution in [1.29, 1.82) is 0 Å². The number of nitrogens with one attached hydrogen (secondary N) is 1. The summed E-state index contributed by atoms with van der Waals surface area (Å²) in [5.74, 6) is 1.02. The van der Waals surface area contributed by atoms with Crippen LogP contribution in [0.1, 0.15) is 19.8 Å². The molecule has 5 nitrogen and oxygen atoms in total. The zero-order chi connectivity index (χ0) is 12.4. The number of hydrogen-bond acceptors (Lipinski definition) is 4. The smallest absolute Gasteiger partial charge is 0.271 e. The number of nitrogens with two attached hydrogens (primary N) is 1. The summed E-state index contributed by atoms with van der Waals surface area (Å²) in [5.41, 5.74) is 5.42. The summed E-state index contributed by atoms with van der Waals surface area (Å²) in [7, 11) is 0. The first-order chi connectivity index (χ1) is 8.13. The summed E-state index contributed by atoms with van der Waals surface area (Å²) in [4.78, 5) is 20.2. The molecule has 1 aliphatic rings. The van der Waals surface area contributed by atoms with Crippen molar-refractivity contribution < 1.29 is 0 Å². The molecule has 2 unspecified atom stereocenters. The number of hydrogen-bond donors (Lipinski definition) is 2. The average molecular weight is 257 g/mol. The molecule has 2 atom stereocenters. The highest BCUT2D eigenvalue weighted by atomic mass is 35.5. The Morgan fingerprint density at radius 2 is 2.41 bits per heavy atom. The van der Waals surface area contributed by atoms with Gasteiger partial charge < -0.3 is 15.6 Å². The molecule has 94 valence electrons. The Morgan fingerprint density at radius 1 is 1.65 bits per heavy atom. The molecule has 0 radical (unpaired) electrons. The SMILES string of the molecule is CC1CCC(CN)CN1c1nc[nH]c(=O)c1Cl. The first-order valence-electron chi connectivity index (χ1n) is 5.83. The molecule has 2 heterocycles. The molecule has 3 N–H and O–H groups in total. The van der Waals surface area contributed by atoms with Gasteiger partial charge in [-0.25, -0.2) is 4.98 Å². The lowest BCUT2D eigenvalue weighted by Gasteiger charge is -2.38. The Morgan fingerprint density at radius 3 is 3.12 bits per heavy atom. The summed E-state index contributed by atoms with van der Waals surface area (Å²) < 4.78 is 0. The van der Waals surface area contributed by atoms with Crippen LogP contribution in [0.5, 0.6) is 0 Å². The van der Waals surface area contributed by atoms with Gasteiger partial charge in [0, 0.05) is 12.6 Å². The average Bonchev–Trinajstić information content (AvgIpc) is 2.34. The molecular formula is C11H17ClN4O. The number of aromatic nitrogens is 2. The van der Waals surface area contributed by atoms with Crippen molar-refractivity contribution >= 4 is 17.4 Å². The number of halogens is 1. The lowest BCUT2D eigenvalue weighted by atomic mass is 9.93. The van der Waals surface area contributed by atoms with Crippen LogP contribution in [0.4, 0.5) is 5.82 Å². The second-order valence-corrected chi connectivity index (χ2v) is 4.93. The number of rotatable bonds is 2. The quantitative estimate of drug-likeness (QED) is 0.827. The maximum absolute atomic E-state index is 11.5. The zero-order valence-electron chi connectivity index (χ0n) is 9.82. The summed E-state index contributed by atoms with van der Waals surface area (Å²) in [6, 6.07) is 0.338. The van der Waals surface area contributed by atoms with Gasteiger partial charge in [0.05, 0.1) is 6.33 Å². The standard InChI is InChI=1S/C11H17ClN4O/c1-7-2-3-8(4-13)5-16(7)10-9(12)11(17)15-6-14-10/h6-8H,2-5,13H2,1H3,(H,14,15,17). The lowest BCUT2D eigenvalue weighted by molar-refractivity contribution is 0.371. The topological polar surface area (TPSA) is 75.0 Å². The van der Waals surface area contributed by atoms with Crippen molar-refractivity contribution in [2.75, 3.05) is 18.0 Å². The molecule has 1 aliphatic heterocycles. The van der Waals surface area contributed by atoms with Gasteiger partial charge in [0.2, 0.25) is 0 Å². The molecule has 6 heteroatoms. The first-order valence-corrected chi connectivity index (χ1v) is 6.21. The molecule has 17 heavy (non-hydrogen) atoms. The highest BCUT2D eigenvalue weighted by Crippen LogP contribution is 2.28. The largest absolute Gasteiger partial charge is 0.352 e. The summed E-state index contributed by atoms with van der Waals surface area (Å²) in [5, 5.41) is 0.164. The Balaban J connectivity index is 2.31. The van der Waals surface area contributed by atoms with E-state index >= 15 is 0 Å². The van der Waals surface area contributed by atoms with Gasteiger partial charge in [0.1, 0.15) is 5.02 Å². The van der Waals surface area contributed by atoms with Crippen LogP contribution in [0.3, 0.4) is 0 Å². The number of anilines is 1. The van der Waals surface area contributed by atoms with Crippen LogP contribution >= 0.6 is 11.6 Å². The molecule has 0 spiro atoms. The van der Waals surface area contributed by atoms with Crippen LogP contribution in [0.25, 0.3) is 0 Å². The zero-order valence-corrected chi connectivity index (χ0v) is 10.6. The van der Waals surface area contributed by atoms with Crippen LogP contribution in [-0.2, 0) is 0 Å². The van der Waals surface area contributed by atoms with E-state index in [0.29, 0.717) is 24.3 Å². The molecule has 1 aromatic rings. The van der Waals surface area contributed by atoms with E-state index in [4.69, 9.17) is 17.3 Å². The third-order valence-corrected chi connectivity index (χ3v) is 3.70. The van der Waals surface area contributed by atoms with E-state index in [1.165, 1.54) is 6.33 Å². The van der Waals surface area contributed by atoms with Crippen LogP contribution < -0.4 is 16.2 Å². The molecule has 1 aromatic heterocycles. The fourth-order valence-electron chi connectivity index (χ4n) is 2.24. The molecular weight excluding hydrogens is 240 g/mol. The minimum Gasteiger partial charge on any atom is -0.352 e. The maximum Gasteiger partial charge on any atom is 0.271 e. The highest BCUT2D eigenvalue weighted by molar-refractivity contribution is 6.32. The van der Waals surface area contributed by atoms with E-state index in [0.717, 1.165) is 19.4 Å². The number of aromatic amines is 1. The van der Waals surface area contributed by atoms with Crippen LogP contribution in [0, 0.1) is 5.92 Å². The van der Waals surface area contributed by atoms with Gasteiger partial charge in [-0.15, -0.1) is 0 Å². The minimum absolute atomic E-state index is 0.164. The third-order valence-electron chi connectivity index (χ3n) is 3.36. The van der Waals surface area contributed by atoms with E-state index in [1.807, 2.05) is 0 Å². The van der Waals surface area contributed by atoms with Gasteiger partial charge in [-0.3, -0.25) is 4.79 Å². The Labute approximate surface area is 105 Å². The Kier molecular flexibility index (Phi) is 3.69. The first kappa shape index (κ1) is 12.4. The molecule has 1 fully saturated rings. The lowest BCUT2D eigenvalue weighted by Crippen LogP contribution is -2.45. The second kappa shape index (κ2) is 5.06. The molecule has 0 aromatic carbocycles. The van der Waals surface area contributed by atoms with Crippen molar-refractivity contribution in [2.24, 2.45) is 11.7 Å². The van der Waals surface area contributed by atoms with Crippen molar-refractivity contribution in [3.8, 4) is 0 Å². The van der Waals surface area contributed by atoms with Crippen molar-refractivity contribution in [3.05, 3.63) is 21.7 Å². The van der Waals surface area contributed by atoms with E-state index in [2.05, 4.69) is 21.8 Å². The Bertz CT molecular complexity index is 447. The van der Waals surface area contributed by atoms with Crippen LogP contribution in [-0.4, -0.2) is 29.1 Å². The minimum atomic E-state index is -0.293. The highest BCUT2D eigenvalue weighted by Gasteiger charge is 2.27. The number of H-pyrrole nitrogens is 1. The van der Waals surface area contributed by atoms with E-state index in [1.54, 1.807) is 0 Å². The molecule has 0 saturated carbocycles. The molecule has 0 aliphatic carbocycles. The molecule has 1 saturated heterocycles. The second-order valence-electron chi connectivity index (χ2n) is 4.55. The Hall–Kier alpha value is -1.07. The van der Waals surface area contributed by atoms with Gasteiger partial charge >= 0.3 is 0 Å². The van der Waals surface area contributed by atoms with Crippen molar-refractivity contribution in [2.45, 2.75) is 25.8 Å². The van der Waals surface area contributed by atoms with E-state index in [-0.39, 0.29) is 10.6 Å². The fourth-order valence-corrected chi connectivity index (χ4v) is 2.46. The third kappa shape index (κ3) is 2.45. The van der Waals surface area contributed by atoms with Gasteiger partial charge in [0.15, 0.2) is 5.82 Å². The van der Waals surface area contributed by atoms with E-state index < -0.39 is 0 Å². The fraction of sp³-hybridized carbons (Fsp3) is 0.636. The van der Waals surface area contributed by atoms with Gasteiger partial charge in [-0.1, -0.05) is 11.6 Å². The van der Waals surface area contributed by atoms with Crippen molar-refractivity contribution in [1.82, 2.24) is 9.97 Å². The van der Waals surface area contributed by atoms with Gasteiger partial charge in [-0.2, -0.15) is 0 Å². The molecule has 0 amide bonds. The van der Waals surface area contributed by atoms with Gasteiger partial charge in [0.25, 0.3) is 5.56 Å². The van der Waals surface area contributed by atoms with E-state index in [9.17, 15) is 4.79 Å². The summed E-state index contributed by atoms with van der Waals surface area (Å²) in [6.07, 6.45) is 3.56. The number of piperidine rings is 1. The van der Waals surface area contributed by atoms with Gasteiger partial charge in [-0.05, 0) is 32.2 Å². The normalized spacial score (nSPS) is 25.0. The van der Waals surface area contributed by atoms with Crippen molar-refractivity contribution in [3.63, 3.8) is 0 Å². The predicted molar refractivity (Wildman–Crippen MR) is 68.5 cm³/mol. The predicted octanol–water partition coefficient (Wildman–Crippen LogP) is 0.987. The molecule has 0 bridgehead atoms. The summed E-state index contributed by atoms with van der Waals surface area (Å²) in [6.45, 7) is 3.59. The number of nitrogens with zero attached hydrogens (tertiary/aromatic N) is 2. The summed E-state index contributed by atoms with van der Waals surface area (Å²) >= 11 is 6.00. The molecule has 2 rings (SSSR count). The monoisotopic (exact) mass is 256 g/mol. The van der Waals surface area contributed by atoms with Crippen LogP contribution in [0.15, 0.2) is 11.1 Å². The van der Waals surface area contributed by atoms with Crippen LogP contribution in [0.2, 0.25) is 5.02 Å².